The summed E-state index contributed by atoms with van der Waals surface area (Å²) in [5.41, 5.74) is 0. The lowest BCUT2D eigenvalue weighted by Gasteiger charge is -2.38. The van der Waals surface area contributed by atoms with Crippen LogP contribution >= 0.6 is 0 Å². The summed E-state index contributed by atoms with van der Waals surface area (Å²) in [5.74, 6) is 2.01. The van der Waals surface area contributed by atoms with Crippen LogP contribution in [0.25, 0.3) is 0 Å². The second kappa shape index (κ2) is 4.97. The van der Waals surface area contributed by atoms with Crippen molar-refractivity contribution in [2.45, 2.75) is 45.3 Å². The third-order valence-corrected chi connectivity index (χ3v) is 2.91. The Bertz CT molecular complexity index is 133. The van der Waals surface area contributed by atoms with Gasteiger partial charge < -0.3 is 9.47 Å². The summed E-state index contributed by atoms with van der Waals surface area (Å²) in [7, 11) is 3.59. The molecule has 1 aliphatic carbocycles. The first kappa shape index (κ1) is 11.0. The van der Waals surface area contributed by atoms with Crippen LogP contribution in [0.1, 0.15) is 33.1 Å². The fraction of sp³-hybridized carbons (Fsp3) is 0.909. The van der Waals surface area contributed by atoms with Crippen molar-refractivity contribution in [3.63, 3.8) is 0 Å². The molecule has 0 heterocycles. The van der Waals surface area contributed by atoms with E-state index < -0.39 is 0 Å². The van der Waals surface area contributed by atoms with Gasteiger partial charge in [0.15, 0.2) is 0 Å². The molecule has 0 spiro atoms. The fourth-order valence-electron chi connectivity index (χ4n) is 2.28. The van der Waals surface area contributed by atoms with Crippen LogP contribution < -0.4 is 0 Å². The molecule has 2 heteroatoms. The van der Waals surface area contributed by atoms with E-state index in [2.05, 4.69) is 13.8 Å². The average molecular weight is 185 g/mol. The van der Waals surface area contributed by atoms with Gasteiger partial charge >= 0.3 is 0 Å². The van der Waals surface area contributed by atoms with Gasteiger partial charge in [-0.2, -0.15) is 0 Å². The van der Waals surface area contributed by atoms with Crippen molar-refractivity contribution in [1.29, 1.82) is 0 Å². The number of rotatable bonds is 3. The van der Waals surface area contributed by atoms with Crippen molar-refractivity contribution < 1.29 is 9.47 Å². The molecular weight excluding hydrogens is 164 g/mol. The van der Waals surface area contributed by atoms with E-state index in [-0.39, 0.29) is 0 Å². The maximum Gasteiger partial charge on any atom is 0.0662 e. The van der Waals surface area contributed by atoms with Gasteiger partial charge in [0.1, 0.15) is 0 Å². The molecule has 1 aliphatic rings. The summed E-state index contributed by atoms with van der Waals surface area (Å²) < 4.78 is 11.0. The molecule has 0 saturated heterocycles. The molecule has 0 aromatic heterocycles. The maximum absolute atomic E-state index is 5.48. The lowest BCUT2D eigenvalue weighted by molar-refractivity contribution is 0.000734. The van der Waals surface area contributed by atoms with Gasteiger partial charge in [-0.25, -0.2) is 0 Å². The van der Waals surface area contributed by atoms with Crippen molar-refractivity contribution in [2.75, 3.05) is 14.2 Å². The molecule has 2 atom stereocenters. The van der Waals surface area contributed by atoms with Gasteiger partial charge in [0.25, 0.3) is 0 Å². The third-order valence-electron chi connectivity index (χ3n) is 2.91. The van der Waals surface area contributed by atoms with E-state index in [1.54, 1.807) is 14.2 Å². The highest BCUT2D eigenvalue weighted by atomic mass is 16.5. The highest BCUT2D eigenvalue weighted by molar-refractivity contribution is 5.09. The minimum absolute atomic E-state index is 0.318. The molecule has 77 valence electrons. The number of methoxy groups -OCH3 is 2. The third kappa shape index (κ3) is 2.44. The Morgan fingerprint density at radius 3 is 1.85 bits per heavy atom. The molecule has 0 aromatic rings. The topological polar surface area (TPSA) is 18.5 Å². The Labute approximate surface area is 81.6 Å². The minimum Gasteiger partial charge on any atom is -0.381 e. The van der Waals surface area contributed by atoms with E-state index in [0.29, 0.717) is 18.1 Å². The molecule has 1 rings (SSSR count). The van der Waals surface area contributed by atoms with Crippen molar-refractivity contribution in [1.82, 2.24) is 0 Å². The van der Waals surface area contributed by atoms with E-state index in [1.165, 1.54) is 12.3 Å². The fourth-order valence-corrected chi connectivity index (χ4v) is 2.28. The van der Waals surface area contributed by atoms with E-state index in [9.17, 15) is 0 Å². The van der Waals surface area contributed by atoms with Gasteiger partial charge in [-0.3, -0.25) is 0 Å². The molecule has 13 heavy (non-hydrogen) atoms. The Morgan fingerprint density at radius 1 is 1.08 bits per heavy atom. The summed E-state index contributed by atoms with van der Waals surface area (Å²) in [5, 5.41) is 0. The predicted octanol–water partition coefficient (Wildman–Crippen LogP) is 2.43. The number of hydrogen-bond donors (Lipinski definition) is 0. The average Bonchev–Trinajstić information content (AvgIpc) is 2.16. The number of ether oxygens (including phenoxy) is 2. The van der Waals surface area contributed by atoms with Gasteiger partial charge in [-0.15, -0.1) is 0 Å². The molecular formula is C11H21O2. The molecule has 0 bridgehead atoms. The molecule has 2 nitrogen and oxygen atoms in total. The Morgan fingerprint density at radius 2 is 1.54 bits per heavy atom. The van der Waals surface area contributed by atoms with Crippen molar-refractivity contribution in [3.05, 3.63) is 5.92 Å². The van der Waals surface area contributed by atoms with Crippen LogP contribution in [-0.2, 0) is 9.47 Å². The molecule has 1 saturated carbocycles. The van der Waals surface area contributed by atoms with Crippen LogP contribution in [-0.4, -0.2) is 26.4 Å². The first-order valence-electron chi connectivity index (χ1n) is 5.13. The molecule has 1 radical (unpaired) electrons. The summed E-state index contributed by atoms with van der Waals surface area (Å²) in [6, 6.07) is 0. The smallest absolute Gasteiger partial charge is 0.0662 e. The Balaban J connectivity index is 2.64. The summed E-state index contributed by atoms with van der Waals surface area (Å²) in [6.07, 6.45) is 4.17. The van der Waals surface area contributed by atoms with Gasteiger partial charge in [0, 0.05) is 20.1 Å². The SMILES string of the molecule is COC1CCCC(OC)[C]1C(C)C. The highest BCUT2D eigenvalue weighted by Gasteiger charge is 2.36. The lowest BCUT2D eigenvalue weighted by Crippen LogP contribution is -2.39. The molecule has 0 aliphatic heterocycles. The van der Waals surface area contributed by atoms with Crippen LogP contribution in [0.5, 0.6) is 0 Å². The second-order valence-electron chi connectivity index (χ2n) is 4.03. The zero-order chi connectivity index (χ0) is 9.84. The molecule has 0 N–H and O–H groups in total. The largest absolute Gasteiger partial charge is 0.381 e. The monoisotopic (exact) mass is 185 g/mol. The molecule has 2 unspecified atom stereocenters. The van der Waals surface area contributed by atoms with Gasteiger partial charge in [-0.05, 0) is 25.2 Å². The van der Waals surface area contributed by atoms with Crippen molar-refractivity contribution in [2.24, 2.45) is 5.92 Å². The van der Waals surface area contributed by atoms with Crippen molar-refractivity contribution in [3.8, 4) is 0 Å². The summed E-state index contributed by atoms with van der Waals surface area (Å²) in [4.78, 5) is 0. The molecule has 0 aromatic carbocycles. The quantitative estimate of drug-likeness (QED) is 0.672. The maximum atomic E-state index is 5.48. The Hall–Kier alpha value is -0.0800. The van der Waals surface area contributed by atoms with E-state index in [1.807, 2.05) is 0 Å². The lowest BCUT2D eigenvalue weighted by atomic mass is 9.77. The van der Waals surface area contributed by atoms with Gasteiger partial charge in [0.2, 0.25) is 0 Å². The summed E-state index contributed by atoms with van der Waals surface area (Å²) in [6.45, 7) is 4.44. The first-order chi connectivity index (χ1) is 6.20. The Kier molecular flexibility index (Phi) is 4.20. The van der Waals surface area contributed by atoms with Gasteiger partial charge in [0.05, 0.1) is 12.2 Å². The van der Waals surface area contributed by atoms with E-state index in [0.717, 1.165) is 12.8 Å². The highest BCUT2D eigenvalue weighted by Crippen LogP contribution is 2.35. The first-order valence-corrected chi connectivity index (χ1v) is 5.13. The van der Waals surface area contributed by atoms with Crippen LogP contribution in [0.15, 0.2) is 0 Å². The standard InChI is InChI=1S/C11H21O2/c1-8(2)11-9(12-3)6-5-7-10(11)13-4/h8-10H,5-7H2,1-4H3. The normalized spacial score (nSPS) is 31.2. The zero-order valence-corrected chi connectivity index (χ0v) is 9.17. The van der Waals surface area contributed by atoms with E-state index >= 15 is 0 Å². The van der Waals surface area contributed by atoms with Crippen LogP contribution in [0.4, 0.5) is 0 Å². The minimum atomic E-state index is 0.318. The van der Waals surface area contributed by atoms with Crippen molar-refractivity contribution >= 4 is 0 Å². The van der Waals surface area contributed by atoms with Crippen LogP contribution in [0.2, 0.25) is 0 Å². The summed E-state index contributed by atoms with van der Waals surface area (Å²) >= 11 is 0. The van der Waals surface area contributed by atoms with E-state index in [4.69, 9.17) is 9.47 Å². The zero-order valence-electron chi connectivity index (χ0n) is 9.17. The predicted molar refractivity (Wildman–Crippen MR) is 53.5 cm³/mol. The van der Waals surface area contributed by atoms with Gasteiger partial charge in [-0.1, -0.05) is 13.8 Å². The number of hydrogen-bond acceptors (Lipinski definition) is 2. The molecule has 0 amide bonds. The second-order valence-corrected chi connectivity index (χ2v) is 4.03. The molecule has 1 fully saturated rings. The van der Waals surface area contributed by atoms with Crippen LogP contribution in [0, 0.1) is 11.8 Å². The van der Waals surface area contributed by atoms with Crippen LogP contribution in [0.3, 0.4) is 0 Å².